The van der Waals surface area contributed by atoms with E-state index in [1.165, 1.54) is 28.8 Å². The Morgan fingerprint density at radius 1 is 1.18 bits per heavy atom. The van der Waals surface area contributed by atoms with Crippen molar-refractivity contribution in [1.29, 1.82) is 0 Å². The van der Waals surface area contributed by atoms with Gasteiger partial charge >= 0.3 is 0 Å². The molecule has 0 unspecified atom stereocenters. The van der Waals surface area contributed by atoms with Gasteiger partial charge in [-0.1, -0.05) is 6.92 Å². The summed E-state index contributed by atoms with van der Waals surface area (Å²) in [6, 6.07) is 7.31. The number of carbonyl (C=O) groups is 1. The van der Waals surface area contributed by atoms with E-state index in [9.17, 15) is 14.0 Å². The van der Waals surface area contributed by atoms with E-state index in [1.807, 2.05) is 26.8 Å². The van der Waals surface area contributed by atoms with Crippen LogP contribution in [-0.2, 0) is 17.8 Å². The molecular formula is C20H22FN5O2. The Bertz CT molecular complexity index is 1080. The Labute approximate surface area is 161 Å². The van der Waals surface area contributed by atoms with Gasteiger partial charge in [-0.2, -0.15) is 5.10 Å². The Hall–Kier alpha value is -3.29. The molecule has 0 fully saturated rings. The van der Waals surface area contributed by atoms with E-state index in [0.29, 0.717) is 29.3 Å². The molecule has 0 aliphatic rings. The average molecular weight is 383 g/mol. The monoisotopic (exact) mass is 383 g/mol. The van der Waals surface area contributed by atoms with Crippen LogP contribution in [0.1, 0.15) is 29.6 Å². The summed E-state index contributed by atoms with van der Waals surface area (Å²) < 4.78 is 15.9. The van der Waals surface area contributed by atoms with Gasteiger partial charge in [-0.3, -0.25) is 14.2 Å². The summed E-state index contributed by atoms with van der Waals surface area (Å²) in [7, 11) is 0. The number of amides is 1. The van der Waals surface area contributed by atoms with Crippen molar-refractivity contribution in [3.8, 4) is 5.95 Å². The predicted molar refractivity (Wildman–Crippen MR) is 104 cm³/mol. The largest absolute Gasteiger partial charge is 0.325 e. The Kier molecular flexibility index (Phi) is 5.39. The highest BCUT2D eigenvalue weighted by molar-refractivity contribution is 5.90. The second-order valence-corrected chi connectivity index (χ2v) is 6.61. The molecule has 0 aliphatic heterocycles. The third-order valence-electron chi connectivity index (χ3n) is 4.43. The zero-order valence-corrected chi connectivity index (χ0v) is 16.3. The van der Waals surface area contributed by atoms with Crippen LogP contribution in [0.3, 0.4) is 0 Å². The number of rotatable bonds is 5. The molecule has 1 aromatic carbocycles. The summed E-state index contributed by atoms with van der Waals surface area (Å²) in [4.78, 5) is 30.1. The maximum absolute atomic E-state index is 13.0. The molecule has 146 valence electrons. The lowest BCUT2D eigenvalue weighted by molar-refractivity contribution is -0.116. The van der Waals surface area contributed by atoms with E-state index >= 15 is 0 Å². The fourth-order valence-corrected chi connectivity index (χ4v) is 3.11. The lowest BCUT2D eigenvalue weighted by atomic mass is 10.2. The van der Waals surface area contributed by atoms with Gasteiger partial charge in [0.2, 0.25) is 11.9 Å². The summed E-state index contributed by atoms with van der Waals surface area (Å²) in [5.74, 6) is -0.514. The molecule has 0 radical (unpaired) electrons. The van der Waals surface area contributed by atoms with Crippen LogP contribution in [0.25, 0.3) is 5.95 Å². The standard InChI is InChI=1S/C20H22FN5O2/c1-5-17-14(4)22-20(26-13(3)10-12(2)24-26)25(19(17)28)11-18(27)23-16-8-6-15(21)7-9-16/h6-10H,5,11H2,1-4H3,(H,23,27). The van der Waals surface area contributed by atoms with Gasteiger partial charge in [-0.15, -0.1) is 0 Å². The van der Waals surface area contributed by atoms with E-state index < -0.39 is 11.7 Å². The molecule has 2 aromatic heterocycles. The molecule has 0 saturated heterocycles. The quantitative estimate of drug-likeness (QED) is 0.734. The minimum absolute atomic E-state index is 0.232. The molecule has 1 N–H and O–H groups in total. The van der Waals surface area contributed by atoms with Crippen molar-refractivity contribution in [3.63, 3.8) is 0 Å². The number of carbonyl (C=O) groups excluding carboxylic acids is 1. The molecule has 8 heteroatoms. The number of nitrogens with one attached hydrogen (secondary N) is 1. The average Bonchev–Trinajstić information content (AvgIpc) is 2.97. The summed E-state index contributed by atoms with van der Waals surface area (Å²) in [5.41, 5.74) is 2.94. The summed E-state index contributed by atoms with van der Waals surface area (Å²) in [6.07, 6.45) is 0.509. The van der Waals surface area contributed by atoms with Gasteiger partial charge in [0.1, 0.15) is 12.4 Å². The molecule has 2 heterocycles. The van der Waals surface area contributed by atoms with Crippen molar-refractivity contribution < 1.29 is 9.18 Å². The second kappa shape index (κ2) is 7.75. The highest BCUT2D eigenvalue weighted by Crippen LogP contribution is 2.13. The smallest absolute Gasteiger partial charge is 0.258 e. The van der Waals surface area contributed by atoms with Gasteiger partial charge < -0.3 is 5.32 Å². The van der Waals surface area contributed by atoms with E-state index in [4.69, 9.17) is 0 Å². The molecule has 3 rings (SSSR count). The van der Waals surface area contributed by atoms with Gasteiger partial charge in [-0.05, 0) is 57.5 Å². The highest BCUT2D eigenvalue weighted by Gasteiger charge is 2.19. The zero-order chi connectivity index (χ0) is 20.4. The SMILES string of the molecule is CCc1c(C)nc(-n2nc(C)cc2C)n(CC(=O)Nc2ccc(F)cc2)c1=O. The third-order valence-corrected chi connectivity index (χ3v) is 4.43. The van der Waals surface area contributed by atoms with Gasteiger partial charge in [0.15, 0.2) is 0 Å². The van der Waals surface area contributed by atoms with Crippen molar-refractivity contribution in [2.75, 3.05) is 5.32 Å². The zero-order valence-electron chi connectivity index (χ0n) is 16.3. The van der Waals surface area contributed by atoms with Crippen LogP contribution in [-0.4, -0.2) is 25.2 Å². The van der Waals surface area contributed by atoms with Crippen LogP contribution < -0.4 is 10.9 Å². The van der Waals surface area contributed by atoms with Gasteiger partial charge in [-0.25, -0.2) is 14.1 Å². The maximum atomic E-state index is 13.0. The Morgan fingerprint density at radius 3 is 2.43 bits per heavy atom. The van der Waals surface area contributed by atoms with Crippen LogP contribution >= 0.6 is 0 Å². The third kappa shape index (κ3) is 3.85. The van der Waals surface area contributed by atoms with E-state index in [0.717, 1.165) is 11.4 Å². The molecule has 1 amide bonds. The normalized spacial score (nSPS) is 10.9. The first kappa shape index (κ1) is 19.5. The lowest BCUT2D eigenvalue weighted by Gasteiger charge is -2.16. The number of benzene rings is 1. The fraction of sp³-hybridized carbons (Fsp3) is 0.300. The first-order valence-electron chi connectivity index (χ1n) is 8.99. The number of aryl methyl sites for hydroxylation is 3. The first-order valence-corrected chi connectivity index (χ1v) is 8.99. The first-order chi connectivity index (χ1) is 13.3. The molecule has 0 atom stereocenters. The molecule has 3 aromatic rings. The lowest BCUT2D eigenvalue weighted by Crippen LogP contribution is -2.34. The van der Waals surface area contributed by atoms with Crippen LogP contribution in [0.15, 0.2) is 35.1 Å². The van der Waals surface area contributed by atoms with Gasteiger partial charge in [0.25, 0.3) is 5.56 Å². The minimum Gasteiger partial charge on any atom is -0.325 e. The second-order valence-electron chi connectivity index (χ2n) is 6.61. The molecule has 0 saturated carbocycles. The summed E-state index contributed by atoms with van der Waals surface area (Å²) in [6.45, 7) is 7.12. The van der Waals surface area contributed by atoms with Crippen molar-refractivity contribution >= 4 is 11.6 Å². The predicted octanol–water partition coefficient (Wildman–Crippen LogP) is 2.69. The topological polar surface area (TPSA) is 81.8 Å². The van der Waals surface area contributed by atoms with Gasteiger partial charge in [0, 0.05) is 16.9 Å². The number of nitrogens with zero attached hydrogens (tertiary/aromatic N) is 4. The number of hydrogen-bond donors (Lipinski definition) is 1. The Morgan fingerprint density at radius 2 is 1.86 bits per heavy atom. The Balaban J connectivity index is 2.02. The molecule has 0 aliphatic carbocycles. The van der Waals surface area contributed by atoms with Crippen LogP contribution in [0.5, 0.6) is 0 Å². The van der Waals surface area contributed by atoms with Gasteiger partial charge in [0.05, 0.1) is 11.4 Å². The summed E-state index contributed by atoms with van der Waals surface area (Å²) >= 11 is 0. The fourth-order valence-electron chi connectivity index (χ4n) is 3.11. The molecule has 28 heavy (non-hydrogen) atoms. The van der Waals surface area contributed by atoms with Crippen LogP contribution in [0.4, 0.5) is 10.1 Å². The van der Waals surface area contributed by atoms with Crippen molar-refractivity contribution in [2.45, 2.75) is 40.7 Å². The number of anilines is 1. The van der Waals surface area contributed by atoms with Crippen LogP contribution in [0, 0.1) is 26.6 Å². The minimum atomic E-state index is -0.413. The number of hydrogen-bond acceptors (Lipinski definition) is 4. The van der Waals surface area contributed by atoms with Crippen molar-refractivity contribution in [2.24, 2.45) is 0 Å². The molecule has 0 spiro atoms. The summed E-state index contributed by atoms with van der Waals surface area (Å²) in [5, 5.41) is 7.07. The maximum Gasteiger partial charge on any atom is 0.258 e. The van der Waals surface area contributed by atoms with E-state index in [1.54, 1.807) is 11.6 Å². The van der Waals surface area contributed by atoms with Crippen LogP contribution in [0.2, 0.25) is 0 Å². The highest BCUT2D eigenvalue weighted by atomic mass is 19.1. The molecule has 0 bridgehead atoms. The molecule has 7 nitrogen and oxygen atoms in total. The van der Waals surface area contributed by atoms with E-state index in [-0.39, 0.29) is 12.1 Å². The number of halogens is 1. The van der Waals surface area contributed by atoms with Crippen molar-refractivity contribution in [1.82, 2.24) is 19.3 Å². The van der Waals surface area contributed by atoms with E-state index in [2.05, 4.69) is 15.4 Å². The molecular weight excluding hydrogens is 361 g/mol. The van der Waals surface area contributed by atoms with Crippen molar-refractivity contribution in [3.05, 3.63) is 69.1 Å². The number of aromatic nitrogens is 4.